The van der Waals surface area contributed by atoms with Gasteiger partial charge in [0.15, 0.2) is 5.92 Å². The second-order valence-corrected chi connectivity index (χ2v) is 5.74. The van der Waals surface area contributed by atoms with E-state index < -0.39 is 17.9 Å². The summed E-state index contributed by atoms with van der Waals surface area (Å²) < 4.78 is 17.4. The van der Waals surface area contributed by atoms with Crippen LogP contribution in [0.1, 0.15) is 25.8 Å². The third kappa shape index (κ3) is 4.32. The molecule has 0 unspecified atom stereocenters. The number of methoxy groups -OCH3 is 1. The van der Waals surface area contributed by atoms with E-state index in [1.807, 2.05) is 36.0 Å². The largest absolute Gasteiger partial charge is 0.497 e. The Morgan fingerprint density at radius 1 is 1.12 bits per heavy atom. The standard InChI is InChI=1S/C19H25NO5/c1-5-24-18(21)15(19(22)25-6-2)9-7-13-12-20(3)17-10-8-14(23-4)11-16(13)17/h8,10-12,15H,5-7,9H2,1-4H3. The van der Waals surface area contributed by atoms with Gasteiger partial charge in [-0.2, -0.15) is 0 Å². The first-order chi connectivity index (χ1) is 12.0. The zero-order valence-corrected chi connectivity index (χ0v) is 15.2. The number of hydrogen-bond donors (Lipinski definition) is 0. The summed E-state index contributed by atoms with van der Waals surface area (Å²) >= 11 is 0. The minimum absolute atomic E-state index is 0.236. The fraction of sp³-hybridized carbons (Fsp3) is 0.474. The molecule has 0 aliphatic carbocycles. The Bertz CT molecular complexity index is 732. The fourth-order valence-electron chi connectivity index (χ4n) is 2.90. The van der Waals surface area contributed by atoms with Crippen LogP contribution in [0.4, 0.5) is 0 Å². The number of aromatic nitrogens is 1. The van der Waals surface area contributed by atoms with Crippen molar-refractivity contribution in [1.29, 1.82) is 0 Å². The number of carbonyl (C=O) groups excluding carboxylic acids is 2. The van der Waals surface area contributed by atoms with E-state index in [1.165, 1.54) is 0 Å². The molecule has 2 rings (SSSR count). The van der Waals surface area contributed by atoms with Gasteiger partial charge in [0.1, 0.15) is 5.75 Å². The Labute approximate surface area is 147 Å². The number of fused-ring (bicyclic) bond motifs is 1. The first kappa shape index (κ1) is 18.8. The molecule has 0 aliphatic rings. The highest BCUT2D eigenvalue weighted by atomic mass is 16.6. The summed E-state index contributed by atoms with van der Waals surface area (Å²) in [6, 6.07) is 5.87. The SMILES string of the molecule is CCOC(=O)C(CCc1cn(C)c2ccc(OC)cc12)C(=O)OCC. The number of carbonyl (C=O) groups is 2. The van der Waals surface area contributed by atoms with Crippen LogP contribution in [0.15, 0.2) is 24.4 Å². The van der Waals surface area contributed by atoms with Gasteiger partial charge in [0.25, 0.3) is 0 Å². The highest BCUT2D eigenvalue weighted by Crippen LogP contribution is 2.27. The molecule has 0 aliphatic heterocycles. The van der Waals surface area contributed by atoms with Gasteiger partial charge in [-0.3, -0.25) is 9.59 Å². The van der Waals surface area contributed by atoms with Crippen molar-refractivity contribution in [2.24, 2.45) is 13.0 Å². The molecule has 0 N–H and O–H groups in total. The van der Waals surface area contributed by atoms with Crippen molar-refractivity contribution in [3.8, 4) is 5.75 Å². The number of aryl methyl sites for hydroxylation is 2. The van der Waals surface area contributed by atoms with E-state index in [9.17, 15) is 9.59 Å². The summed E-state index contributed by atoms with van der Waals surface area (Å²) in [7, 11) is 3.59. The first-order valence-corrected chi connectivity index (χ1v) is 8.47. The number of esters is 2. The number of benzene rings is 1. The van der Waals surface area contributed by atoms with Crippen LogP contribution in [0.25, 0.3) is 10.9 Å². The third-order valence-electron chi connectivity index (χ3n) is 4.12. The molecule has 1 aromatic heterocycles. The molecule has 0 bridgehead atoms. The first-order valence-electron chi connectivity index (χ1n) is 8.47. The molecule has 0 fully saturated rings. The lowest BCUT2D eigenvalue weighted by Gasteiger charge is -2.14. The number of hydrogen-bond acceptors (Lipinski definition) is 5. The van der Waals surface area contributed by atoms with Gasteiger partial charge >= 0.3 is 11.9 Å². The van der Waals surface area contributed by atoms with Gasteiger partial charge in [-0.25, -0.2) is 0 Å². The molecule has 0 saturated carbocycles. The maximum atomic E-state index is 12.1. The van der Waals surface area contributed by atoms with E-state index in [1.54, 1.807) is 21.0 Å². The highest BCUT2D eigenvalue weighted by Gasteiger charge is 2.29. The van der Waals surface area contributed by atoms with E-state index in [0.29, 0.717) is 12.8 Å². The van der Waals surface area contributed by atoms with Crippen molar-refractivity contribution in [3.63, 3.8) is 0 Å². The van der Waals surface area contributed by atoms with Gasteiger partial charge in [-0.05, 0) is 50.5 Å². The molecule has 25 heavy (non-hydrogen) atoms. The lowest BCUT2D eigenvalue weighted by molar-refractivity contribution is -0.161. The van der Waals surface area contributed by atoms with Gasteiger partial charge < -0.3 is 18.8 Å². The predicted molar refractivity (Wildman–Crippen MR) is 94.5 cm³/mol. The van der Waals surface area contributed by atoms with Crippen LogP contribution in [0.3, 0.4) is 0 Å². The van der Waals surface area contributed by atoms with Crippen molar-refractivity contribution in [3.05, 3.63) is 30.0 Å². The molecule has 6 nitrogen and oxygen atoms in total. The van der Waals surface area contributed by atoms with Crippen molar-refractivity contribution in [2.75, 3.05) is 20.3 Å². The topological polar surface area (TPSA) is 66.8 Å². The van der Waals surface area contributed by atoms with Crippen LogP contribution in [0, 0.1) is 5.92 Å². The van der Waals surface area contributed by atoms with Gasteiger partial charge in [-0.15, -0.1) is 0 Å². The quantitative estimate of drug-likeness (QED) is 0.543. The predicted octanol–water partition coefficient (Wildman–Crippen LogP) is 2.86. The average molecular weight is 347 g/mol. The molecule has 1 aromatic carbocycles. The van der Waals surface area contributed by atoms with Crippen molar-refractivity contribution >= 4 is 22.8 Å². The highest BCUT2D eigenvalue weighted by molar-refractivity contribution is 5.95. The Balaban J connectivity index is 2.23. The van der Waals surface area contributed by atoms with E-state index in [2.05, 4.69) is 0 Å². The smallest absolute Gasteiger partial charge is 0.320 e. The molecule has 0 saturated heterocycles. The van der Waals surface area contributed by atoms with Crippen LogP contribution in [-0.4, -0.2) is 36.8 Å². The summed E-state index contributed by atoms with van der Waals surface area (Å²) in [6.07, 6.45) is 2.91. The Hall–Kier alpha value is -2.50. The van der Waals surface area contributed by atoms with Crippen molar-refractivity contribution in [1.82, 2.24) is 4.57 Å². The second-order valence-electron chi connectivity index (χ2n) is 5.74. The van der Waals surface area contributed by atoms with Gasteiger partial charge in [0.2, 0.25) is 0 Å². The number of ether oxygens (including phenoxy) is 3. The zero-order chi connectivity index (χ0) is 18.4. The van der Waals surface area contributed by atoms with Gasteiger partial charge in [0.05, 0.1) is 20.3 Å². The molecule has 0 radical (unpaired) electrons. The fourth-order valence-corrected chi connectivity index (χ4v) is 2.90. The summed E-state index contributed by atoms with van der Waals surface area (Å²) in [5.41, 5.74) is 2.12. The Morgan fingerprint density at radius 2 is 1.76 bits per heavy atom. The third-order valence-corrected chi connectivity index (χ3v) is 4.12. The monoisotopic (exact) mass is 347 g/mol. The molecule has 2 aromatic rings. The lowest BCUT2D eigenvalue weighted by Crippen LogP contribution is -2.28. The zero-order valence-electron chi connectivity index (χ0n) is 15.2. The summed E-state index contributed by atoms with van der Waals surface area (Å²) in [5.74, 6) is -1.19. The van der Waals surface area contributed by atoms with Crippen molar-refractivity contribution < 1.29 is 23.8 Å². The minimum atomic E-state index is -0.902. The number of rotatable bonds is 8. The average Bonchev–Trinajstić information content (AvgIpc) is 2.91. The molecule has 0 spiro atoms. The molecule has 1 heterocycles. The van der Waals surface area contributed by atoms with Crippen LogP contribution >= 0.6 is 0 Å². The van der Waals surface area contributed by atoms with Crippen molar-refractivity contribution in [2.45, 2.75) is 26.7 Å². The Morgan fingerprint density at radius 3 is 2.32 bits per heavy atom. The van der Waals surface area contributed by atoms with Crippen LogP contribution < -0.4 is 4.74 Å². The van der Waals surface area contributed by atoms with Crippen LogP contribution in [0.5, 0.6) is 5.75 Å². The van der Waals surface area contributed by atoms with E-state index >= 15 is 0 Å². The molecule has 136 valence electrons. The minimum Gasteiger partial charge on any atom is -0.497 e. The maximum Gasteiger partial charge on any atom is 0.320 e. The molecule has 0 atom stereocenters. The second kappa shape index (κ2) is 8.55. The number of nitrogens with zero attached hydrogens (tertiary/aromatic N) is 1. The van der Waals surface area contributed by atoms with E-state index in [-0.39, 0.29) is 13.2 Å². The molecule has 0 amide bonds. The van der Waals surface area contributed by atoms with Gasteiger partial charge in [0, 0.05) is 24.1 Å². The van der Waals surface area contributed by atoms with E-state index in [0.717, 1.165) is 22.2 Å². The summed E-state index contributed by atoms with van der Waals surface area (Å²) in [6.45, 7) is 3.91. The van der Waals surface area contributed by atoms with Gasteiger partial charge in [-0.1, -0.05) is 0 Å². The Kier molecular flexibility index (Phi) is 6.44. The summed E-state index contributed by atoms with van der Waals surface area (Å²) in [5, 5.41) is 1.05. The maximum absolute atomic E-state index is 12.1. The normalized spacial score (nSPS) is 10.9. The molecular formula is C19H25NO5. The lowest BCUT2D eigenvalue weighted by atomic mass is 9.99. The van der Waals surface area contributed by atoms with Crippen LogP contribution in [0.2, 0.25) is 0 Å². The van der Waals surface area contributed by atoms with Crippen LogP contribution in [-0.2, 0) is 32.5 Å². The molecule has 6 heteroatoms. The molecular weight excluding hydrogens is 322 g/mol. The van der Waals surface area contributed by atoms with E-state index in [4.69, 9.17) is 14.2 Å². The summed E-state index contributed by atoms with van der Waals surface area (Å²) in [4.78, 5) is 24.2.